The van der Waals surface area contributed by atoms with Crippen LogP contribution in [0, 0.1) is 0 Å². The fourth-order valence-electron chi connectivity index (χ4n) is 2.65. The molecule has 7 nitrogen and oxygen atoms in total. The summed E-state index contributed by atoms with van der Waals surface area (Å²) in [5.74, 6) is 0.780. The number of carbonyl (C=O) groups is 2. The summed E-state index contributed by atoms with van der Waals surface area (Å²) < 4.78 is 10.6. The maximum atomic E-state index is 12.4. The van der Waals surface area contributed by atoms with Gasteiger partial charge < -0.3 is 9.47 Å². The SMILES string of the molecule is COc1ccc(-c2ccc(C(=O)CC(=O)Nc3ncccn3)cc2)c(OC)c1. The molecular weight excluding hydrogens is 358 g/mol. The molecular formula is C21H19N3O4. The van der Waals surface area contributed by atoms with Gasteiger partial charge in [0.15, 0.2) is 5.78 Å². The Morgan fingerprint density at radius 3 is 2.32 bits per heavy atom. The van der Waals surface area contributed by atoms with E-state index in [1.54, 1.807) is 38.5 Å². The Hall–Kier alpha value is -3.74. The third-order valence-corrected chi connectivity index (χ3v) is 4.06. The van der Waals surface area contributed by atoms with E-state index in [-0.39, 0.29) is 18.2 Å². The van der Waals surface area contributed by atoms with E-state index in [1.807, 2.05) is 24.3 Å². The van der Waals surface area contributed by atoms with Crippen LogP contribution in [0.25, 0.3) is 11.1 Å². The maximum absolute atomic E-state index is 12.4. The van der Waals surface area contributed by atoms with Crippen LogP contribution < -0.4 is 14.8 Å². The van der Waals surface area contributed by atoms with Crippen molar-refractivity contribution in [2.75, 3.05) is 19.5 Å². The molecule has 1 amide bonds. The molecule has 3 aromatic rings. The zero-order valence-electron chi connectivity index (χ0n) is 15.5. The molecule has 2 aromatic carbocycles. The number of ketones is 1. The Balaban J connectivity index is 1.70. The van der Waals surface area contributed by atoms with Gasteiger partial charge in [-0.25, -0.2) is 9.97 Å². The lowest BCUT2D eigenvalue weighted by Gasteiger charge is -2.11. The van der Waals surface area contributed by atoms with E-state index in [2.05, 4.69) is 15.3 Å². The lowest BCUT2D eigenvalue weighted by atomic mass is 10.0. The van der Waals surface area contributed by atoms with Crippen LogP contribution in [0.4, 0.5) is 5.95 Å². The fourth-order valence-corrected chi connectivity index (χ4v) is 2.65. The van der Waals surface area contributed by atoms with Gasteiger partial charge in [-0.1, -0.05) is 24.3 Å². The number of anilines is 1. The number of methoxy groups -OCH3 is 2. The summed E-state index contributed by atoms with van der Waals surface area (Å²) in [7, 11) is 3.18. The maximum Gasteiger partial charge on any atom is 0.234 e. The topological polar surface area (TPSA) is 90.4 Å². The smallest absolute Gasteiger partial charge is 0.234 e. The minimum atomic E-state index is -0.461. The van der Waals surface area contributed by atoms with Crippen LogP contribution in [0.5, 0.6) is 11.5 Å². The average molecular weight is 377 g/mol. The molecule has 3 rings (SSSR count). The Kier molecular flexibility index (Phi) is 5.96. The van der Waals surface area contributed by atoms with Gasteiger partial charge >= 0.3 is 0 Å². The van der Waals surface area contributed by atoms with Crippen LogP contribution in [0.15, 0.2) is 60.9 Å². The molecule has 0 atom stereocenters. The number of aromatic nitrogens is 2. The minimum Gasteiger partial charge on any atom is -0.497 e. The second-order valence-corrected chi connectivity index (χ2v) is 5.86. The van der Waals surface area contributed by atoms with Crippen molar-refractivity contribution in [3.8, 4) is 22.6 Å². The van der Waals surface area contributed by atoms with Crippen LogP contribution in [-0.4, -0.2) is 35.9 Å². The van der Waals surface area contributed by atoms with Gasteiger partial charge in [-0.15, -0.1) is 0 Å². The molecule has 0 saturated heterocycles. The first kappa shape index (κ1) is 19.0. The lowest BCUT2D eigenvalue weighted by molar-refractivity contribution is -0.115. The fraction of sp³-hybridized carbons (Fsp3) is 0.143. The van der Waals surface area contributed by atoms with Crippen molar-refractivity contribution in [1.29, 1.82) is 0 Å². The van der Waals surface area contributed by atoms with E-state index >= 15 is 0 Å². The van der Waals surface area contributed by atoms with Gasteiger partial charge in [0.05, 0.1) is 20.6 Å². The summed E-state index contributed by atoms with van der Waals surface area (Å²) >= 11 is 0. The number of hydrogen-bond donors (Lipinski definition) is 1. The van der Waals surface area contributed by atoms with E-state index in [0.29, 0.717) is 17.1 Å². The third kappa shape index (κ3) is 4.50. The van der Waals surface area contributed by atoms with Crippen molar-refractivity contribution in [2.45, 2.75) is 6.42 Å². The molecule has 1 N–H and O–H groups in total. The van der Waals surface area contributed by atoms with E-state index in [4.69, 9.17) is 9.47 Å². The number of nitrogens with one attached hydrogen (secondary N) is 1. The van der Waals surface area contributed by atoms with E-state index in [9.17, 15) is 9.59 Å². The summed E-state index contributed by atoms with van der Waals surface area (Å²) in [6.07, 6.45) is 2.73. The summed E-state index contributed by atoms with van der Waals surface area (Å²) in [6.45, 7) is 0. The summed E-state index contributed by atoms with van der Waals surface area (Å²) in [5.41, 5.74) is 2.21. The predicted molar refractivity (Wildman–Crippen MR) is 105 cm³/mol. The van der Waals surface area contributed by atoms with E-state index < -0.39 is 5.91 Å². The van der Waals surface area contributed by atoms with Crippen molar-refractivity contribution in [1.82, 2.24) is 9.97 Å². The minimum absolute atomic E-state index is 0.169. The van der Waals surface area contributed by atoms with Gasteiger partial charge in [-0.05, 0) is 23.8 Å². The van der Waals surface area contributed by atoms with Crippen molar-refractivity contribution in [2.24, 2.45) is 0 Å². The normalized spacial score (nSPS) is 10.2. The number of benzene rings is 2. The molecule has 0 bridgehead atoms. The monoisotopic (exact) mass is 377 g/mol. The Bertz CT molecular complexity index is 973. The second kappa shape index (κ2) is 8.77. The molecule has 28 heavy (non-hydrogen) atoms. The van der Waals surface area contributed by atoms with Gasteiger partial charge in [0.2, 0.25) is 11.9 Å². The average Bonchev–Trinajstić information content (AvgIpc) is 2.74. The first-order chi connectivity index (χ1) is 13.6. The van der Waals surface area contributed by atoms with Gasteiger partial charge in [-0.2, -0.15) is 0 Å². The number of amides is 1. The predicted octanol–water partition coefficient (Wildman–Crippen LogP) is 3.37. The number of rotatable bonds is 7. The van der Waals surface area contributed by atoms with E-state index in [1.165, 1.54) is 12.4 Å². The Morgan fingerprint density at radius 2 is 1.68 bits per heavy atom. The van der Waals surface area contributed by atoms with Gasteiger partial charge in [0.25, 0.3) is 0 Å². The highest BCUT2D eigenvalue weighted by Crippen LogP contribution is 2.33. The van der Waals surface area contributed by atoms with Gasteiger partial charge in [0.1, 0.15) is 11.5 Å². The Labute approximate surface area is 162 Å². The van der Waals surface area contributed by atoms with Crippen molar-refractivity contribution < 1.29 is 19.1 Å². The molecule has 7 heteroatoms. The van der Waals surface area contributed by atoms with Gasteiger partial charge in [-0.3, -0.25) is 14.9 Å². The quantitative estimate of drug-likeness (QED) is 0.501. The summed E-state index contributed by atoms with van der Waals surface area (Å²) in [6, 6.07) is 14.2. The molecule has 0 fully saturated rings. The molecule has 0 aliphatic rings. The highest BCUT2D eigenvalue weighted by Gasteiger charge is 2.14. The number of ether oxygens (including phenoxy) is 2. The highest BCUT2D eigenvalue weighted by atomic mass is 16.5. The van der Waals surface area contributed by atoms with Crippen LogP contribution in [-0.2, 0) is 4.79 Å². The van der Waals surface area contributed by atoms with Gasteiger partial charge in [0, 0.05) is 29.6 Å². The number of hydrogen-bond acceptors (Lipinski definition) is 6. The third-order valence-electron chi connectivity index (χ3n) is 4.06. The standard InChI is InChI=1S/C21H19N3O4/c1-27-16-8-9-17(19(12-16)28-2)14-4-6-15(7-5-14)18(25)13-20(26)24-21-22-10-3-11-23-21/h3-12H,13H2,1-2H3,(H,22,23,24,26). The van der Waals surface area contributed by atoms with Crippen molar-refractivity contribution in [3.63, 3.8) is 0 Å². The van der Waals surface area contributed by atoms with Crippen LogP contribution in [0.1, 0.15) is 16.8 Å². The lowest BCUT2D eigenvalue weighted by Crippen LogP contribution is -2.18. The molecule has 0 saturated carbocycles. The van der Waals surface area contributed by atoms with E-state index in [0.717, 1.165) is 11.1 Å². The number of nitrogens with zero attached hydrogens (tertiary/aromatic N) is 2. The molecule has 0 spiro atoms. The number of carbonyl (C=O) groups excluding carboxylic acids is 2. The summed E-state index contributed by atoms with van der Waals surface area (Å²) in [5, 5.41) is 2.50. The zero-order chi connectivity index (χ0) is 19.9. The van der Waals surface area contributed by atoms with Crippen molar-refractivity contribution >= 4 is 17.6 Å². The van der Waals surface area contributed by atoms with Crippen molar-refractivity contribution in [3.05, 3.63) is 66.5 Å². The molecule has 1 aromatic heterocycles. The highest BCUT2D eigenvalue weighted by molar-refractivity contribution is 6.10. The number of Topliss-reactive ketones (excluding diaryl/α,β-unsaturated/α-hetero) is 1. The molecule has 0 unspecified atom stereocenters. The Morgan fingerprint density at radius 1 is 0.964 bits per heavy atom. The molecule has 1 heterocycles. The molecule has 0 aliphatic heterocycles. The molecule has 0 aliphatic carbocycles. The van der Waals surface area contributed by atoms with Crippen LogP contribution in [0.3, 0.4) is 0 Å². The largest absolute Gasteiger partial charge is 0.497 e. The van der Waals surface area contributed by atoms with Crippen LogP contribution in [0.2, 0.25) is 0 Å². The second-order valence-electron chi connectivity index (χ2n) is 5.86. The molecule has 142 valence electrons. The molecule has 0 radical (unpaired) electrons. The zero-order valence-corrected chi connectivity index (χ0v) is 15.5. The first-order valence-electron chi connectivity index (χ1n) is 8.53. The first-order valence-corrected chi connectivity index (χ1v) is 8.53. The van der Waals surface area contributed by atoms with Crippen LogP contribution >= 0.6 is 0 Å². The summed E-state index contributed by atoms with van der Waals surface area (Å²) in [4.78, 5) is 32.1.